The third kappa shape index (κ3) is 5.36. The molecule has 0 saturated heterocycles. The molecule has 5 heterocycles. The minimum absolute atomic E-state index is 0.469. The summed E-state index contributed by atoms with van der Waals surface area (Å²) in [6, 6.07) is 42.0. The molecule has 0 unspecified atom stereocenters. The Morgan fingerprint density at radius 1 is 0.444 bits per heavy atom. The molecule has 8 nitrogen and oxygen atoms in total. The lowest BCUT2D eigenvalue weighted by molar-refractivity contribution is 0.491. The van der Waals surface area contributed by atoms with E-state index in [0.29, 0.717) is 0 Å². The number of allylic oxidation sites excluding steroid dienone is 2. The van der Waals surface area contributed by atoms with Gasteiger partial charge in [-0.3, -0.25) is 9.13 Å². The molecule has 0 spiro atoms. The van der Waals surface area contributed by atoms with Crippen molar-refractivity contribution < 1.29 is 0 Å². The second-order valence-corrected chi connectivity index (χ2v) is 15.3. The number of anilines is 2. The molecule has 0 amide bonds. The molecule has 0 fully saturated rings. The Hall–Kier alpha value is -6.54. The summed E-state index contributed by atoms with van der Waals surface area (Å²) in [6.45, 7) is 13.3. The maximum atomic E-state index is 5.50. The number of hydrogen-bond donors (Lipinski definition) is 2. The predicted octanol–water partition coefficient (Wildman–Crippen LogP) is 9.70. The molecule has 3 aliphatic heterocycles. The summed E-state index contributed by atoms with van der Waals surface area (Å²) < 4.78 is 4.44. The lowest BCUT2D eigenvalue weighted by Crippen LogP contribution is -2.31. The van der Waals surface area contributed by atoms with Crippen molar-refractivity contribution in [1.29, 1.82) is 0 Å². The van der Waals surface area contributed by atoms with Crippen molar-refractivity contribution in [3.63, 3.8) is 0 Å². The maximum Gasteiger partial charge on any atom is 0.144 e. The van der Waals surface area contributed by atoms with E-state index in [1.807, 2.05) is 0 Å². The average Bonchev–Trinajstić information content (AvgIpc) is 4.03. The summed E-state index contributed by atoms with van der Waals surface area (Å²) >= 11 is 0. The van der Waals surface area contributed by atoms with Gasteiger partial charge in [0.2, 0.25) is 0 Å². The number of benzene rings is 4. The van der Waals surface area contributed by atoms with Crippen LogP contribution in [0.25, 0.3) is 22.5 Å². The number of hydrogen-bond acceptors (Lipinski definition) is 6. The molecule has 0 radical (unpaired) electrons. The van der Waals surface area contributed by atoms with E-state index in [0.717, 1.165) is 80.0 Å². The molecule has 2 aromatic heterocycles. The Morgan fingerprint density at radius 3 is 1.13 bits per heavy atom. The van der Waals surface area contributed by atoms with Gasteiger partial charge in [0.05, 0.1) is 16.8 Å². The van der Waals surface area contributed by atoms with Crippen molar-refractivity contribution in [1.82, 2.24) is 29.7 Å². The minimum atomic E-state index is -0.560. The van der Waals surface area contributed by atoms with Crippen molar-refractivity contribution in [3.8, 4) is 11.4 Å². The quantitative estimate of drug-likeness (QED) is 0.190. The van der Waals surface area contributed by atoms with Crippen LogP contribution in [0.5, 0.6) is 0 Å². The standard InChI is InChI=1S/C46H44N8/c1-31-41-47-37(27-51(41)33-19-11-7-12-20-33)45(3,4)39-29-53(35-23-15-9-16-24-35)43(49-39)32(2)44-50-40(30-54(44)36-25-17-10-18-26-36)46(5,6)38-28-52(42(31)48-38)34-21-13-8-14-22-34/h7-30,47,49H,1-6H3. The van der Waals surface area contributed by atoms with Crippen molar-refractivity contribution >= 4 is 22.5 Å². The highest BCUT2D eigenvalue weighted by molar-refractivity contribution is 5.76. The van der Waals surface area contributed by atoms with Crippen LogP contribution in [0.15, 0.2) is 169 Å². The van der Waals surface area contributed by atoms with E-state index in [1.54, 1.807) is 0 Å². The van der Waals surface area contributed by atoms with Crippen LogP contribution in [0.4, 0.5) is 11.4 Å². The molecule has 8 bridgehead atoms. The summed E-state index contributed by atoms with van der Waals surface area (Å²) in [4.78, 5) is 15.5. The Balaban J connectivity index is 1.35. The normalized spacial score (nSPS) is 17.3. The zero-order valence-electron chi connectivity index (χ0n) is 31.5. The second-order valence-electron chi connectivity index (χ2n) is 15.3. The van der Waals surface area contributed by atoms with Crippen LogP contribution >= 0.6 is 0 Å². The van der Waals surface area contributed by atoms with E-state index >= 15 is 0 Å². The van der Waals surface area contributed by atoms with E-state index in [2.05, 4.69) is 217 Å². The molecule has 268 valence electrons. The van der Waals surface area contributed by atoms with Crippen LogP contribution < -0.4 is 20.4 Å². The van der Waals surface area contributed by atoms with Gasteiger partial charge < -0.3 is 20.4 Å². The molecule has 0 aliphatic carbocycles. The van der Waals surface area contributed by atoms with Gasteiger partial charge >= 0.3 is 0 Å². The summed E-state index contributed by atoms with van der Waals surface area (Å²) in [5.74, 6) is 3.65. The minimum Gasteiger partial charge on any atom is -0.342 e. The van der Waals surface area contributed by atoms with Gasteiger partial charge in [-0.15, -0.1) is 0 Å². The Bertz CT molecular complexity index is 2330. The Labute approximate surface area is 317 Å². The van der Waals surface area contributed by atoms with E-state index in [1.165, 1.54) is 0 Å². The lowest BCUT2D eigenvalue weighted by atomic mass is 9.86. The molecular formula is C46H44N8. The predicted molar refractivity (Wildman–Crippen MR) is 219 cm³/mol. The smallest absolute Gasteiger partial charge is 0.144 e. The van der Waals surface area contributed by atoms with E-state index in [-0.39, 0.29) is 0 Å². The van der Waals surface area contributed by atoms with Crippen molar-refractivity contribution in [3.05, 3.63) is 192 Å². The fourth-order valence-electron chi connectivity index (χ4n) is 7.55. The van der Waals surface area contributed by atoms with Gasteiger partial charge in [-0.05, 0) is 90.1 Å². The highest BCUT2D eigenvalue weighted by Gasteiger charge is 2.40. The third-order valence-corrected chi connectivity index (χ3v) is 11.1. The SMILES string of the molecule is CC1=C2NC(=CN2c2ccccc2)C(C)(C)C2=CN(c3ccccc3)C(=C(C)c3nc(cn3-c3ccccc3)C(C)(C)c3cn(-c4ccccc4)c1n3)N2. The van der Waals surface area contributed by atoms with Gasteiger partial charge in [-0.1, -0.05) is 72.8 Å². The molecule has 4 aromatic carbocycles. The van der Waals surface area contributed by atoms with Crippen LogP contribution in [0.3, 0.4) is 0 Å². The summed E-state index contributed by atoms with van der Waals surface area (Å²) in [6.07, 6.45) is 8.85. The third-order valence-electron chi connectivity index (χ3n) is 11.1. The van der Waals surface area contributed by atoms with Gasteiger partial charge in [0, 0.05) is 75.5 Å². The van der Waals surface area contributed by atoms with Crippen LogP contribution in [-0.4, -0.2) is 19.1 Å². The first-order valence-corrected chi connectivity index (χ1v) is 18.5. The molecule has 8 heteroatoms. The summed E-state index contributed by atoms with van der Waals surface area (Å²) in [5, 5.41) is 7.84. The average molecular weight is 709 g/mol. The highest BCUT2D eigenvalue weighted by Crippen LogP contribution is 2.44. The van der Waals surface area contributed by atoms with Crippen LogP contribution in [0.1, 0.15) is 64.6 Å². The van der Waals surface area contributed by atoms with Gasteiger partial charge in [0.1, 0.15) is 23.3 Å². The number of imidazole rings is 2. The zero-order valence-corrected chi connectivity index (χ0v) is 31.5. The molecule has 9 rings (SSSR count). The van der Waals surface area contributed by atoms with Gasteiger partial charge in [0.15, 0.2) is 0 Å². The number of para-hydroxylation sites is 4. The van der Waals surface area contributed by atoms with E-state index < -0.39 is 10.8 Å². The number of rotatable bonds is 4. The molecule has 54 heavy (non-hydrogen) atoms. The largest absolute Gasteiger partial charge is 0.342 e. The first-order chi connectivity index (χ1) is 26.1. The molecule has 0 atom stereocenters. The van der Waals surface area contributed by atoms with Gasteiger partial charge in [0.25, 0.3) is 0 Å². The van der Waals surface area contributed by atoms with Crippen molar-refractivity contribution in [2.75, 3.05) is 9.80 Å². The first-order valence-electron chi connectivity index (χ1n) is 18.5. The van der Waals surface area contributed by atoms with Crippen molar-refractivity contribution in [2.24, 2.45) is 5.41 Å². The fourth-order valence-corrected chi connectivity index (χ4v) is 7.55. The molecule has 0 saturated carbocycles. The highest BCUT2D eigenvalue weighted by atomic mass is 15.3. The summed E-state index contributed by atoms with van der Waals surface area (Å²) in [5.41, 5.74) is 9.20. The van der Waals surface area contributed by atoms with Crippen LogP contribution in [0.2, 0.25) is 0 Å². The Morgan fingerprint density at radius 2 is 0.778 bits per heavy atom. The number of nitrogens with one attached hydrogen (secondary N) is 2. The molecule has 2 N–H and O–H groups in total. The van der Waals surface area contributed by atoms with E-state index in [9.17, 15) is 0 Å². The molecule has 6 aromatic rings. The monoisotopic (exact) mass is 708 g/mol. The summed E-state index contributed by atoms with van der Waals surface area (Å²) in [7, 11) is 0. The first kappa shape index (κ1) is 33.3. The topological polar surface area (TPSA) is 66.2 Å². The van der Waals surface area contributed by atoms with Crippen LogP contribution in [-0.2, 0) is 5.41 Å². The second kappa shape index (κ2) is 12.6. The van der Waals surface area contributed by atoms with Gasteiger partial charge in [-0.25, -0.2) is 9.97 Å². The van der Waals surface area contributed by atoms with E-state index in [4.69, 9.17) is 9.97 Å². The maximum absolute atomic E-state index is 5.50. The zero-order chi connectivity index (χ0) is 37.2. The Kier molecular flexibility index (Phi) is 7.74. The molecule has 3 aliphatic rings. The fraction of sp³-hybridized carbons (Fsp3) is 0.174. The van der Waals surface area contributed by atoms with Gasteiger partial charge in [-0.2, -0.15) is 0 Å². The number of aromatic nitrogens is 4. The van der Waals surface area contributed by atoms with Crippen LogP contribution in [0, 0.1) is 5.41 Å². The lowest BCUT2D eigenvalue weighted by Gasteiger charge is -2.28. The molecular weight excluding hydrogens is 665 g/mol. The van der Waals surface area contributed by atoms with Crippen molar-refractivity contribution in [2.45, 2.75) is 47.0 Å². The number of nitrogens with zero attached hydrogens (tertiary/aromatic N) is 6. The number of fused-ring (bicyclic) bond motifs is 8.